The Labute approximate surface area is 113 Å². The maximum absolute atomic E-state index is 12.9. The molecule has 20 heavy (non-hydrogen) atoms. The van der Waals surface area contributed by atoms with Gasteiger partial charge in [0.1, 0.15) is 5.82 Å². The fourth-order valence-corrected chi connectivity index (χ4v) is 3.08. The first-order valence-corrected chi connectivity index (χ1v) is 6.16. The first-order chi connectivity index (χ1) is 9.34. The first kappa shape index (κ1) is 13.0. The molecule has 2 fully saturated rings. The summed E-state index contributed by atoms with van der Waals surface area (Å²) in [7, 11) is 1.31. The molecule has 1 saturated carbocycles. The van der Waals surface area contributed by atoms with Crippen molar-refractivity contribution in [3.8, 4) is 5.88 Å². The van der Waals surface area contributed by atoms with E-state index < -0.39 is 10.8 Å². The van der Waals surface area contributed by atoms with Crippen LogP contribution in [-0.4, -0.2) is 36.0 Å². The van der Waals surface area contributed by atoms with Crippen LogP contribution in [0.2, 0.25) is 0 Å². The lowest BCUT2D eigenvalue weighted by Gasteiger charge is -2.58. The average molecular weight is 285 g/mol. The van der Waals surface area contributed by atoms with E-state index in [-0.39, 0.29) is 29.8 Å². The number of aromatic nitrogens is 1. The van der Waals surface area contributed by atoms with E-state index in [1.54, 1.807) is 0 Å². The molecule has 0 radical (unpaired) electrons. The maximum atomic E-state index is 12.9. The largest absolute Gasteiger partial charge is 0.476 e. The SMILES string of the molecule is COc1nc(N2CC3(C2)CC(F)(F)C3)ccc1[N+](=O)[O-]. The molecular formula is C12H13F2N3O3. The Balaban J connectivity index is 1.72. The number of nitro groups is 1. The van der Waals surface area contributed by atoms with E-state index in [1.807, 2.05) is 4.90 Å². The lowest BCUT2D eigenvalue weighted by molar-refractivity contribution is -0.386. The molecule has 3 rings (SSSR count). The van der Waals surface area contributed by atoms with E-state index in [9.17, 15) is 18.9 Å². The van der Waals surface area contributed by atoms with Crippen LogP contribution in [0.5, 0.6) is 5.88 Å². The van der Waals surface area contributed by atoms with Crippen molar-refractivity contribution < 1.29 is 18.4 Å². The van der Waals surface area contributed by atoms with Gasteiger partial charge in [-0.15, -0.1) is 0 Å². The van der Waals surface area contributed by atoms with Crippen molar-refractivity contribution in [2.24, 2.45) is 5.41 Å². The molecule has 1 aromatic heterocycles. The predicted molar refractivity (Wildman–Crippen MR) is 66.3 cm³/mol. The van der Waals surface area contributed by atoms with Crippen molar-refractivity contribution in [2.75, 3.05) is 25.1 Å². The molecule has 2 aliphatic rings. The van der Waals surface area contributed by atoms with Crippen molar-refractivity contribution in [1.82, 2.24) is 4.98 Å². The molecule has 0 aromatic carbocycles. The molecule has 6 nitrogen and oxygen atoms in total. The van der Waals surface area contributed by atoms with Gasteiger partial charge in [-0.1, -0.05) is 0 Å². The Kier molecular flexibility index (Phi) is 2.60. The van der Waals surface area contributed by atoms with E-state index in [1.165, 1.54) is 19.2 Å². The lowest BCUT2D eigenvalue weighted by atomic mass is 9.61. The Morgan fingerprint density at radius 1 is 1.40 bits per heavy atom. The monoisotopic (exact) mass is 285 g/mol. The molecular weight excluding hydrogens is 272 g/mol. The van der Waals surface area contributed by atoms with Crippen molar-refractivity contribution in [3.63, 3.8) is 0 Å². The summed E-state index contributed by atoms with van der Waals surface area (Å²) < 4.78 is 30.7. The third kappa shape index (κ3) is 1.95. The number of hydrogen-bond donors (Lipinski definition) is 0. The van der Waals surface area contributed by atoms with Crippen LogP contribution in [0, 0.1) is 15.5 Å². The van der Waals surface area contributed by atoms with Crippen molar-refractivity contribution >= 4 is 11.5 Å². The zero-order valence-electron chi connectivity index (χ0n) is 10.8. The van der Waals surface area contributed by atoms with Gasteiger partial charge in [0.15, 0.2) is 0 Å². The van der Waals surface area contributed by atoms with Crippen LogP contribution < -0.4 is 9.64 Å². The van der Waals surface area contributed by atoms with Gasteiger partial charge in [0.2, 0.25) is 5.92 Å². The third-order valence-electron chi connectivity index (χ3n) is 3.86. The van der Waals surface area contributed by atoms with Gasteiger partial charge >= 0.3 is 5.69 Å². The second-order valence-electron chi connectivity index (χ2n) is 5.52. The number of methoxy groups -OCH3 is 1. The average Bonchev–Trinajstić information content (AvgIpc) is 2.31. The Morgan fingerprint density at radius 3 is 2.55 bits per heavy atom. The van der Waals surface area contributed by atoms with Crippen LogP contribution >= 0.6 is 0 Å². The smallest absolute Gasteiger partial charge is 0.331 e. The molecule has 108 valence electrons. The van der Waals surface area contributed by atoms with Crippen LogP contribution in [0.25, 0.3) is 0 Å². The van der Waals surface area contributed by atoms with Gasteiger partial charge in [-0.2, -0.15) is 4.98 Å². The van der Waals surface area contributed by atoms with E-state index in [0.29, 0.717) is 18.9 Å². The third-order valence-corrected chi connectivity index (χ3v) is 3.86. The number of rotatable bonds is 3. The van der Waals surface area contributed by atoms with Crippen LogP contribution in [-0.2, 0) is 0 Å². The summed E-state index contributed by atoms with van der Waals surface area (Å²) in [5.41, 5.74) is -0.512. The summed E-state index contributed by atoms with van der Waals surface area (Å²) in [6, 6.07) is 2.84. The number of nitrogens with zero attached hydrogens (tertiary/aromatic N) is 3. The predicted octanol–water partition coefficient (Wildman–Crippen LogP) is 2.23. The van der Waals surface area contributed by atoms with Crippen LogP contribution in [0.4, 0.5) is 20.3 Å². The van der Waals surface area contributed by atoms with Crippen molar-refractivity contribution in [1.29, 1.82) is 0 Å². The molecule has 0 bridgehead atoms. The van der Waals surface area contributed by atoms with Crippen LogP contribution in [0.3, 0.4) is 0 Å². The highest BCUT2D eigenvalue weighted by Crippen LogP contribution is 2.57. The molecule has 8 heteroatoms. The molecule has 1 saturated heterocycles. The lowest BCUT2D eigenvalue weighted by Crippen LogP contribution is -2.66. The van der Waals surface area contributed by atoms with Crippen molar-refractivity contribution in [2.45, 2.75) is 18.8 Å². The fraction of sp³-hybridized carbons (Fsp3) is 0.583. The molecule has 0 amide bonds. The zero-order valence-corrected chi connectivity index (χ0v) is 10.8. The topological polar surface area (TPSA) is 68.5 Å². The number of halogens is 2. The number of anilines is 1. The minimum absolute atomic E-state index is 0.0626. The first-order valence-electron chi connectivity index (χ1n) is 6.16. The quantitative estimate of drug-likeness (QED) is 0.629. The zero-order chi connectivity index (χ0) is 14.5. The number of ether oxygens (including phenoxy) is 1. The van der Waals surface area contributed by atoms with E-state index in [4.69, 9.17) is 4.74 Å². The van der Waals surface area contributed by atoms with E-state index in [0.717, 1.165) is 0 Å². The summed E-state index contributed by atoms with van der Waals surface area (Å²) >= 11 is 0. The highest BCUT2D eigenvalue weighted by atomic mass is 19.3. The molecule has 0 unspecified atom stereocenters. The Bertz CT molecular complexity index is 563. The van der Waals surface area contributed by atoms with Crippen LogP contribution in [0.1, 0.15) is 12.8 Å². The van der Waals surface area contributed by atoms with Crippen molar-refractivity contribution in [3.05, 3.63) is 22.2 Å². The highest BCUT2D eigenvalue weighted by molar-refractivity contribution is 5.52. The molecule has 1 aliphatic heterocycles. The van der Waals surface area contributed by atoms with Gasteiger partial charge in [-0.05, 0) is 6.07 Å². The summed E-state index contributed by atoms with van der Waals surface area (Å²) in [4.78, 5) is 16.1. The number of pyridine rings is 1. The number of hydrogen-bond acceptors (Lipinski definition) is 5. The minimum atomic E-state index is -2.54. The van der Waals surface area contributed by atoms with Gasteiger partial charge in [-0.3, -0.25) is 10.1 Å². The normalized spacial score (nSPS) is 22.1. The second-order valence-corrected chi connectivity index (χ2v) is 5.52. The Hall–Kier alpha value is -1.99. The molecule has 1 aromatic rings. The summed E-state index contributed by atoms with van der Waals surface area (Å²) in [6.07, 6.45) is -0.165. The van der Waals surface area contributed by atoms with Crippen LogP contribution in [0.15, 0.2) is 12.1 Å². The fourth-order valence-electron chi connectivity index (χ4n) is 3.08. The molecule has 0 N–H and O–H groups in total. The van der Waals surface area contributed by atoms with Gasteiger partial charge in [0.25, 0.3) is 5.88 Å². The summed E-state index contributed by atoms with van der Waals surface area (Å²) in [5, 5.41) is 10.8. The van der Waals surface area contributed by atoms with E-state index >= 15 is 0 Å². The van der Waals surface area contributed by atoms with Gasteiger partial charge in [-0.25, -0.2) is 8.78 Å². The molecule has 1 aliphatic carbocycles. The van der Waals surface area contributed by atoms with Gasteiger partial charge in [0, 0.05) is 37.4 Å². The Morgan fingerprint density at radius 2 is 2.05 bits per heavy atom. The maximum Gasteiger partial charge on any atom is 0.331 e. The van der Waals surface area contributed by atoms with Gasteiger partial charge in [0.05, 0.1) is 12.0 Å². The molecule has 0 atom stereocenters. The molecule has 1 spiro atoms. The minimum Gasteiger partial charge on any atom is -0.476 e. The van der Waals surface area contributed by atoms with E-state index in [2.05, 4.69) is 4.98 Å². The molecule has 2 heterocycles. The summed E-state index contributed by atoms with van der Waals surface area (Å²) in [5.74, 6) is -2.08. The van der Waals surface area contributed by atoms with Gasteiger partial charge < -0.3 is 9.64 Å². The highest BCUT2D eigenvalue weighted by Gasteiger charge is 2.61. The summed E-state index contributed by atoms with van der Waals surface area (Å²) in [6.45, 7) is 1.02. The number of alkyl halides is 2. The standard InChI is InChI=1S/C12H13F2N3O3/c1-20-10-8(17(18)19)2-3-9(15-10)16-6-11(7-16)4-12(13,14)5-11/h2-3H,4-7H2,1H3. The second kappa shape index (κ2) is 4.00.